The zero-order valence-electron chi connectivity index (χ0n) is 19.3. The lowest BCUT2D eigenvalue weighted by molar-refractivity contribution is 0.0592. The highest BCUT2D eigenvalue weighted by molar-refractivity contribution is 5.94. The van der Waals surface area contributed by atoms with Gasteiger partial charge >= 0.3 is 11.9 Å². The molecule has 0 aliphatic rings. The average Bonchev–Trinajstić information content (AvgIpc) is 3.19. The van der Waals surface area contributed by atoms with Gasteiger partial charge in [-0.1, -0.05) is 54.6 Å². The molecule has 4 aromatic rings. The molecule has 3 aromatic carbocycles. The predicted octanol–water partition coefficient (Wildman–Crippen LogP) is 4.90. The number of methoxy groups -OCH3 is 2. The lowest BCUT2D eigenvalue weighted by atomic mass is 9.96. The summed E-state index contributed by atoms with van der Waals surface area (Å²) in [4.78, 5) is 23.9. The third-order valence-electron chi connectivity index (χ3n) is 5.77. The summed E-state index contributed by atoms with van der Waals surface area (Å²) < 4.78 is 11.5. The first-order chi connectivity index (χ1) is 17.0. The molecule has 0 aliphatic carbocycles. The van der Waals surface area contributed by atoms with Gasteiger partial charge in [-0.05, 0) is 41.0 Å². The van der Waals surface area contributed by atoms with Gasteiger partial charge in [0.1, 0.15) is 17.5 Å². The molecule has 0 saturated heterocycles. The van der Waals surface area contributed by atoms with Crippen LogP contribution in [0.1, 0.15) is 31.8 Å². The Labute approximate surface area is 202 Å². The van der Waals surface area contributed by atoms with Crippen molar-refractivity contribution in [3.05, 3.63) is 101 Å². The summed E-state index contributed by atoms with van der Waals surface area (Å²) in [5, 5.41) is 10.1. The lowest BCUT2D eigenvalue weighted by Gasteiger charge is -2.14. The van der Waals surface area contributed by atoms with Crippen LogP contribution < -0.4 is 5.73 Å². The van der Waals surface area contributed by atoms with Crippen LogP contribution in [-0.4, -0.2) is 30.7 Å². The maximum Gasteiger partial charge on any atom is 0.337 e. The summed E-state index contributed by atoms with van der Waals surface area (Å²) in [7, 11) is 2.65. The van der Waals surface area contributed by atoms with Crippen LogP contribution in [0.3, 0.4) is 0 Å². The minimum atomic E-state index is -0.447. The van der Waals surface area contributed by atoms with Gasteiger partial charge in [0.05, 0.1) is 31.0 Å². The molecule has 1 aromatic heterocycles. The molecule has 0 atom stereocenters. The SMILES string of the molecule is COC(=O)c1ccc(-c2c(C#N)c(N)n(Cc3ccccc3)c2-c2ccc(C(=O)OC)cc2)cc1. The van der Waals surface area contributed by atoms with Crippen LogP contribution >= 0.6 is 0 Å². The lowest BCUT2D eigenvalue weighted by Crippen LogP contribution is -2.07. The number of rotatable bonds is 6. The molecule has 0 radical (unpaired) electrons. The Kier molecular flexibility index (Phi) is 6.65. The Morgan fingerprint density at radius 3 is 1.83 bits per heavy atom. The Bertz CT molecular complexity index is 1410. The minimum absolute atomic E-state index is 0.329. The molecule has 0 saturated carbocycles. The molecular weight excluding hydrogens is 442 g/mol. The highest BCUT2D eigenvalue weighted by Gasteiger charge is 2.24. The number of ether oxygens (including phenoxy) is 2. The second-order valence-electron chi connectivity index (χ2n) is 7.81. The smallest absolute Gasteiger partial charge is 0.337 e. The fraction of sp³-hybridized carbons (Fsp3) is 0.107. The second kappa shape index (κ2) is 9.98. The molecule has 0 spiro atoms. The Morgan fingerprint density at radius 1 is 0.829 bits per heavy atom. The third kappa shape index (κ3) is 4.50. The molecule has 7 nitrogen and oxygen atoms in total. The maximum absolute atomic E-state index is 11.9. The Hall–Kier alpha value is -4.83. The summed E-state index contributed by atoms with van der Waals surface area (Å²) in [5.74, 6) is -0.556. The molecule has 0 unspecified atom stereocenters. The third-order valence-corrected chi connectivity index (χ3v) is 5.77. The molecule has 4 rings (SSSR count). The number of benzene rings is 3. The Balaban J connectivity index is 1.94. The number of hydrogen-bond acceptors (Lipinski definition) is 6. The van der Waals surface area contributed by atoms with Crippen LogP contribution in [0, 0.1) is 11.3 Å². The topological polar surface area (TPSA) is 107 Å². The minimum Gasteiger partial charge on any atom is -0.465 e. The zero-order valence-corrected chi connectivity index (χ0v) is 19.3. The van der Waals surface area contributed by atoms with Crippen LogP contribution in [0.15, 0.2) is 78.9 Å². The van der Waals surface area contributed by atoms with Gasteiger partial charge in [-0.15, -0.1) is 0 Å². The number of carbonyl (C=O) groups is 2. The highest BCUT2D eigenvalue weighted by atomic mass is 16.5. The van der Waals surface area contributed by atoms with Gasteiger partial charge in [0.25, 0.3) is 0 Å². The number of hydrogen-bond donors (Lipinski definition) is 1. The number of aromatic nitrogens is 1. The largest absolute Gasteiger partial charge is 0.465 e. The van der Waals surface area contributed by atoms with Crippen LogP contribution in [0.25, 0.3) is 22.4 Å². The average molecular weight is 466 g/mol. The van der Waals surface area contributed by atoms with Crippen LogP contribution in [0.5, 0.6) is 0 Å². The van der Waals surface area contributed by atoms with Gasteiger partial charge in [0.15, 0.2) is 0 Å². The Morgan fingerprint density at radius 2 is 1.34 bits per heavy atom. The summed E-state index contributed by atoms with van der Waals surface area (Å²) >= 11 is 0. The first-order valence-electron chi connectivity index (χ1n) is 10.8. The van der Waals surface area contributed by atoms with Crippen molar-refractivity contribution in [2.24, 2.45) is 0 Å². The molecule has 0 fully saturated rings. The summed E-state index contributed by atoms with van der Waals surface area (Å²) in [6, 6.07) is 25.8. The first kappa shape index (κ1) is 23.3. The van der Waals surface area contributed by atoms with Crippen molar-refractivity contribution in [3.63, 3.8) is 0 Å². The fourth-order valence-electron chi connectivity index (χ4n) is 4.03. The van der Waals surface area contributed by atoms with Crippen molar-refractivity contribution < 1.29 is 19.1 Å². The number of nitrogen functional groups attached to an aromatic ring is 1. The van der Waals surface area contributed by atoms with Crippen LogP contribution in [0.2, 0.25) is 0 Å². The van der Waals surface area contributed by atoms with E-state index in [2.05, 4.69) is 6.07 Å². The van der Waals surface area contributed by atoms with Crippen molar-refractivity contribution >= 4 is 17.8 Å². The van der Waals surface area contributed by atoms with Crippen LogP contribution in [0.4, 0.5) is 5.82 Å². The molecule has 1 heterocycles. The molecule has 174 valence electrons. The van der Waals surface area contributed by atoms with Gasteiger partial charge < -0.3 is 19.8 Å². The van der Waals surface area contributed by atoms with E-state index in [1.807, 2.05) is 34.9 Å². The standard InChI is InChI=1S/C28H23N3O4/c1-34-27(32)21-12-8-19(9-13-21)24-23(16-29)26(30)31(17-18-6-4-3-5-7-18)25(24)20-10-14-22(15-11-20)28(33)35-2/h3-15H,17,30H2,1-2H3. The van der Waals surface area contributed by atoms with Gasteiger partial charge in [-0.25, -0.2) is 9.59 Å². The number of nitrogens with two attached hydrogens (primary N) is 1. The van der Waals surface area contributed by atoms with E-state index in [0.717, 1.165) is 22.4 Å². The monoisotopic (exact) mass is 465 g/mol. The number of nitrogens with zero attached hydrogens (tertiary/aromatic N) is 2. The van der Waals surface area contributed by atoms with E-state index in [1.54, 1.807) is 48.5 Å². The number of esters is 2. The highest BCUT2D eigenvalue weighted by Crippen LogP contribution is 2.41. The quantitative estimate of drug-likeness (QED) is 0.406. The van der Waals surface area contributed by atoms with Gasteiger partial charge in [-0.2, -0.15) is 5.26 Å². The number of nitriles is 1. The fourth-order valence-corrected chi connectivity index (χ4v) is 4.03. The van der Waals surface area contributed by atoms with E-state index in [-0.39, 0.29) is 0 Å². The summed E-state index contributed by atoms with van der Waals surface area (Å²) in [5.41, 5.74) is 11.5. The summed E-state index contributed by atoms with van der Waals surface area (Å²) in [6.07, 6.45) is 0. The van der Waals surface area contributed by atoms with E-state index < -0.39 is 11.9 Å². The summed E-state index contributed by atoms with van der Waals surface area (Å²) in [6.45, 7) is 0.440. The molecule has 0 amide bonds. The molecule has 0 bridgehead atoms. The molecule has 35 heavy (non-hydrogen) atoms. The van der Waals surface area contributed by atoms with E-state index >= 15 is 0 Å². The van der Waals surface area contributed by atoms with Crippen molar-refractivity contribution in [1.29, 1.82) is 5.26 Å². The van der Waals surface area contributed by atoms with Crippen molar-refractivity contribution in [2.75, 3.05) is 20.0 Å². The molecule has 0 aliphatic heterocycles. The predicted molar refractivity (Wildman–Crippen MR) is 133 cm³/mol. The van der Waals surface area contributed by atoms with Crippen LogP contribution in [-0.2, 0) is 16.0 Å². The van der Waals surface area contributed by atoms with E-state index in [9.17, 15) is 14.9 Å². The second-order valence-corrected chi connectivity index (χ2v) is 7.81. The van der Waals surface area contributed by atoms with E-state index in [4.69, 9.17) is 15.2 Å². The normalized spacial score (nSPS) is 10.4. The van der Waals surface area contributed by atoms with E-state index in [0.29, 0.717) is 34.6 Å². The maximum atomic E-state index is 11.9. The molecule has 7 heteroatoms. The number of anilines is 1. The van der Waals surface area contributed by atoms with E-state index in [1.165, 1.54) is 14.2 Å². The zero-order chi connectivity index (χ0) is 24.9. The van der Waals surface area contributed by atoms with Crippen molar-refractivity contribution in [2.45, 2.75) is 6.54 Å². The first-order valence-corrected chi connectivity index (χ1v) is 10.8. The molecular formula is C28H23N3O4. The van der Waals surface area contributed by atoms with Crippen molar-refractivity contribution in [1.82, 2.24) is 4.57 Å². The van der Waals surface area contributed by atoms with Gasteiger partial charge in [-0.3, -0.25) is 0 Å². The van der Waals surface area contributed by atoms with Crippen molar-refractivity contribution in [3.8, 4) is 28.5 Å². The van der Waals surface area contributed by atoms with Gasteiger partial charge in [0, 0.05) is 12.1 Å². The van der Waals surface area contributed by atoms with Gasteiger partial charge in [0.2, 0.25) is 0 Å². The molecule has 2 N–H and O–H groups in total. The number of carbonyl (C=O) groups excluding carboxylic acids is 2.